The molecule has 53 heavy (non-hydrogen) atoms. The van der Waals surface area contributed by atoms with Crippen LogP contribution in [0.4, 0.5) is 4.39 Å². The summed E-state index contributed by atoms with van der Waals surface area (Å²) >= 11 is 0. The van der Waals surface area contributed by atoms with Crippen molar-refractivity contribution in [2.24, 2.45) is 0 Å². The first-order valence-corrected chi connectivity index (χ1v) is 20.6. The molecule has 0 amide bonds. The van der Waals surface area contributed by atoms with Gasteiger partial charge in [0.1, 0.15) is 5.58 Å². The summed E-state index contributed by atoms with van der Waals surface area (Å²) in [4.78, 5) is 8.93. The van der Waals surface area contributed by atoms with Gasteiger partial charge in [0, 0.05) is 57.8 Å². The first-order valence-electron chi connectivity index (χ1n) is 20.1. The number of hydrogen-bond donors (Lipinski definition) is 0. The molecule has 1 unspecified atom stereocenters. The Labute approximate surface area is 334 Å². The number of halogens is 1. The van der Waals surface area contributed by atoms with Crippen molar-refractivity contribution in [3.8, 4) is 22.5 Å². The number of para-hydroxylation sites is 1. The molecule has 6 heteroatoms. The van der Waals surface area contributed by atoms with Crippen LogP contribution in [-0.2, 0) is 26.5 Å². The molecule has 3 aromatic heterocycles. The Bertz CT molecular complexity index is 2740. The molecule has 3 heterocycles. The Morgan fingerprint density at radius 3 is 2.26 bits per heavy atom. The van der Waals surface area contributed by atoms with Crippen molar-refractivity contribution in [2.45, 2.75) is 45.7 Å². The third-order valence-electron chi connectivity index (χ3n) is 8.90. The van der Waals surface area contributed by atoms with Gasteiger partial charge in [0.25, 0.3) is 0 Å². The Morgan fingerprint density at radius 2 is 1.53 bits per heavy atom. The summed E-state index contributed by atoms with van der Waals surface area (Å²) < 4.78 is 69.6. The van der Waals surface area contributed by atoms with Crippen molar-refractivity contribution in [1.29, 1.82) is 0 Å². The Balaban J connectivity index is 0.000000195. The van der Waals surface area contributed by atoms with Gasteiger partial charge in [-0.2, -0.15) is 0 Å². The van der Waals surface area contributed by atoms with E-state index in [4.69, 9.17) is 12.6 Å². The molecule has 8 rings (SSSR count). The first-order chi connectivity index (χ1) is 27.4. The van der Waals surface area contributed by atoms with Gasteiger partial charge >= 0.3 is 0 Å². The molecule has 0 aliphatic carbocycles. The van der Waals surface area contributed by atoms with E-state index < -0.39 is 33.0 Å². The maximum atomic E-state index is 14.7. The van der Waals surface area contributed by atoms with Gasteiger partial charge in [-0.3, -0.25) is 4.39 Å². The van der Waals surface area contributed by atoms with Crippen LogP contribution >= 0.6 is 0 Å². The van der Waals surface area contributed by atoms with E-state index in [0.29, 0.717) is 11.1 Å². The molecule has 3 nitrogen and oxygen atoms in total. The average Bonchev–Trinajstić information content (AvgIpc) is 3.59. The third-order valence-corrected chi connectivity index (χ3v) is 10.9. The van der Waals surface area contributed by atoms with Crippen molar-refractivity contribution >= 4 is 35.2 Å². The summed E-state index contributed by atoms with van der Waals surface area (Å²) in [6, 6.07) is 44.4. The van der Waals surface area contributed by atoms with E-state index in [9.17, 15) is 4.39 Å². The summed E-state index contributed by atoms with van der Waals surface area (Å²) in [6.45, 7) is 5.79. The van der Waals surface area contributed by atoms with Crippen LogP contribution < -0.4 is 5.19 Å². The molecule has 8 aromatic rings. The SMILES string of the molecule is [2H]C(C)(c1ccccc1)c1ccnc(-c2[c-]cc3oc4ccccc4c3c2)c1.[2H]C([2H])([2H])c1c[c-]c(-c2cc(C([2H])([2H])c3ccccc3)c([Si](C)(C)C)cn2)c(F)c1.[Ir]. The fourth-order valence-electron chi connectivity index (χ4n) is 6.12. The molecule has 5 aromatic carbocycles. The average molecular weight is 895 g/mol. The van der Waals surface area contributed by atoms with Crippen LogP contribution in [0.25, 0.3) is 44.5 Å². The second kappa shape index (κ2) is 16.3. The van der Waals surface area contributed by atoms with Crippen molar-refractivity contribution in [3.05, 3.63) is 186 Å². The van der Waals surface area contributed by atoms with Crippen molar-refractivity contribution in [1.82, 2.24) is 9.97 Å². The number of rotatable bonds is 7. The smallest absolute Gasteiger partial charge is 0.120 e. The van der Waals surface area contributed by atoms with E-state index in [2.05, 4.69) is 53.9 Å². The van der Waals surface area contributed by atoms with Gasteiger partial charge < -0.3 is 14.4 Å². The van der Waals surface area contributed by atoms with Gasteiger partial charge in [0.2, 0.25) is 0 Å². The molecule has 1 radical (unpaired) electrons. The van der Waals surface area contributed by atoms with Crippen LogP contribution in [0.15, 0.2) is 144 Å². The Hall–Kier alpha value is -5.00. The Morgan fingerprint density at radius 1 is 0.792 bits per heavy atom. The Kier molecular flexibility index (Phi) is 9.39. The van der Waals surface area contributed by atoms with Crippen LogP contribution in [0.5, 0.6) is 0 Å². The van der Waals surface area contributed by atoms with E-state index in [1.165, 1.54) is 6.07 Å². The van der Waals surface area contributed by atoms with Crippen LogP contribution in [0, 0.1) is 24.8 Å². The van der Waals surface area contributed by atoms with E-state index in [-0.39, 0.29) is 36.9 Å². The fourth-order valence-corrected chi connectivity index (χ4v) is 7.51. The van der Waals surface area contributed by atoms with Gasteiger partial charge in [-0.1, -0.05) is 141 Å². The second-order valence-electron chi connectivity index (χ2n) is 13.6. The first kappa shape index (κ1) is 30.5. The van der Waals surface area contributed by atoms with Gasteiger partial charge in [-0.25, -0.2) is 0 Å². The second-order valence-corrected chi connectivity index (χ2v) is 18.6. The number of fused-ring (bicyclic) bond motifs is 3. The van der Waals surface area contributed by atoms with Gasteiger partial charge in [0.15, 0.2) is 0 Å². The fraction of sp³-hybridized carbons (Fsp3) is 0.149. The molecule has 0 saturated heterocycles. The molecule has 0 aliphatic heterocycles. The van der Waals surface area contributed by atoms with Crippen molar-refractivity contribution < 1.29 is 37.1 Å². The minimum atomic E-state index is -2.43. The normalized spacial score (nSPS) is 14.6. The zero-order chi connectivity index (χ0) is 41.5. The number of benzene rings is 5. The zero-order valence-corrected chi connectivity index (χ0v) is 33.2. The summed E-state index contributed by atoms with van der Waals surface area (Å²) in [7, 11) is -1.97. The number of nitrogens with zero attached hydrogens (tertiary/aromatic N) is 2. The molecule has 0 bridgehead atoms. The van der Waals surface area contributed by atoms with Crippen LogP contribution in [0.1, 0.15) is 48.9 Å². The van der Waals surface area contributed by atoms with Crippen LogP contribution in [0.2, 0.25) is 19.6 Å². The molecule has 267 valence electrons. The summed E-state index contributed by atoms with van der Waals surface area (Å²) in [5.74, 6) is -1.60. The predicted octanol–water partition coefficient (Wildman–Crippen LogP) is 11.7. The number of furan rings is 1. The quantitative estimate of drug-likeness (QED) is 0.118. The summed E-state index contributed by atoms with van der Waals surface area (Å²) in [6.07, 6.45) is 1.60. The van der Waals surface area contributed by atoms with Crippen molar-refractivity contribution in [2.75, 3.05) is 0 Å². The molecule has 1 atom stereocenters. The predicted molar refractivity (Wildman–Crippen MR) is 215 cm³/mol. The van der Waals surface area contributed by atoms with Crippen molar-refractivity contribution in [3.63, 3.8) is 0 Å². The number of aryl methyl sites for hydroxylation is 1. The molecular formula is C47H41FIrN2OSi-2. The molecule has 0 fully saturated rings. The van der Waals surface area contributed by atoms with Crippen LogP contribution in [-0.4, -0.2) is 18.0 Å². The minimum Gasteiger partial charge on any atom is -0.500 e. The van der Waals surface area contributed by atoms with Gasteiger partial charge in [-0.15, -0.1) is 47.5 Å². The van der Waals surface area contributed by atoms with Gasteiger partial charge in [0.05, 0.1) is 13.7 Å². The molecular weight excluding hydrogens is 848 g/mol. The van der Waals surface area contributed by atoms with Gasteiger partial charge in [-0.05, 0) is 51.8 Å². The number of aromatic nitrogens is 2. The number of hydrogen-bond acceptors (Lipinski definition) is 3. The maximum absolute atomic E-state index is 14.7. The summed E-state index contributed by atoms with van der Waals surface area (Å²) in [5.41, 5.74) is 6.29. The topological polar surface area (TPSA) is 38.9 Å². The molecule has 0 spiro atoms. The number of pyridine rings is 2. The molecule has 0 saturated carbocycles. The van der Waals surface area contributed by atoms with E-state index >= 15 is 0 Å². The molecule has 0 aliphatic rings. The van der Waals surface area contributed by atoms with E-state index in [0.717, 1.165) is 55.6 Å². The zero-order valence-electron chi connectivity index (χ0n) is 35.8. The molecule has 0 N–H and O–H groups in total. The van der Waals surface area contributed by atoms with E-state index in [1.807, 2.05) is 79.7 Å². The van der Waals surface area contributed by atoms with E-state index in [1.54, 1.807) is 42.7 Å². The maximum Gasteiger partial charge on any atom is 0.120 e. The standard InChI is InChI=1S/C25H18NO.C22H23FNSi.Ir/c1-17(18-7-3-2-4-8-18)19-13-14-26-23(16-19)20-11-12-25-22(15-20)21-9-5-6-10-24(21)27-25;1-16-10-11-19(20(23)12-16)21-14-18(13-17-8-6-5-7-9-17)22(15-24-21)25(2,3)4;/h2-10,12-17H,1H3;5-10,12,14-15H,13H2,1-4H3;/q2*-1;/i17D;1D3,13D2;. The third kappa shape index (κ3) is 8.63. The minimum absolute atomic E-state index is 0. The monoisotopic (exact) mass is 895 g/mol. The summed E-state index contributed by atoms with van der Waals surface area (Å²) in [5, 5.41) is 2.98. The van der Waals surface area contributed by atoms with Crippen LogP contribution in [0.3, 0.4) is 0 Å². The largest absolute Gasteiger partial charge is 0.500 e.